The first kappa shape index (κ1) is 16.0. The van der Waals surface area contributed by atoms with Gasteiger partial charge in [-0.25, -0.2) is 4.79 Å². The van der Waals surface area contributed by atoms with E-state index >= 15 is 0 Å². The summed E-state index contributed by atoms with van der Waals surface area (Å²) in [6.45, 7) is -0.186. The monoisotopic (exact) mass is 310 g/mol. The number of esters is 1. The van der Waals surface area contributed by atoms with Gasteiger partial charge in [-0.2, -0.15) is 5.26 Å². The van der Waals surface area contributed by atoms with Crippen LogP contribution in [0.25, 0.3) is 0 Å². The number of benzene rings is 2. The largest absolute Gasteiger partial charge is 0.484 e. The highest BCUT2D eigenvalue weighted by atomic mass is 16.5. The highest BCUT2D eigenvalue weighted by molar-refractivity contribution is 5.95. The SMILES string of the molecule is COC(=O)c1cccc(NC(=O)COc2ccc(C#N)cc2)c1. The second kappa shape index (κ2) is 7.61. The van der Waals surface area contributed by atoms with Crippen molar-refractivity contribution in [3.8, 4) is 11.8 Å². The third-order valence-corrected chi connectivity index (χ3v) is 2.92. The predicted octanol–water partition coefficient (Wildman–Crippen LogP) is 2.36. The minimum atomic E-state index is -0.477. The maximum Gasteiger partial charge on any atom is 0.337 e. The zero-order chi connectivity index (χ0) is 16.7. The van der Waals surface area contributed by atoms with Crippen LogP contribution in [0, 0.1) is 11.3 Å². The second-order valence-corrected chi connectivity index (χ2v) is 4.55. The molecule has 0 aliphatic rings. The van der Waals surface area contributed by atoms with Crippen LogP contribution < -0.4 is 10.1 Å². The number of nitrogens with zero attached hydrogens (tertiary/aromatic N) is 1. The Hall–Kier alpha value is -3.33. The van der Waals surface area contributed by atoms with E-state index in [0.29, 0.717) is 22.6 Å². The van der Waals surface area contributed by atoms with E-state index in [1.165, 1.54) is 13.2 Å². The molecule has 23 heavy (non-hydrogen) atoms. The van der Waals surface area contributed by atoms with Gasteiger partial charge in [0.1, 0.15) is 5.75 Å². The highest BCUT2D eigenvalue weighted by Crippen LogP contribution is 2.13. The Bertz CT molecular complexity index is 748. The molecular weight excluding hydrogens is 296 g/mol. The van der Waals surface area contributed by atoms with Crippen molar-refractivity contribution in [1.29, 1.82) is 5.26 Å². The molecule has 0 aromatic heterocycles. The Morgan fingerprint density at radius 2 is 1.91 bits per heavy atom. The number of carbonyl (C=O) groups is 2. The number of nitrogens with one attached hydrogen (secondary N) is 1. The zero-order valence-corrected chi connectivity index (χ0v) is 12.4. The number of amides is 1. The molecule has 0 fully saturated rings. The van der Waals surface area contributed by atoms with E-state index in [1.54, 1.807) is 42.5 Å². The molecule has 0 bridgehead atoms. The van der Waals surface area contributed by atoms with Crippen molar-refractivity contribution in [2.75, 3.05) is 19.0 Å². The lowest BCUT2D eigenvalue weighted by Crippen LogP contribution is -2.20. The normalized spacial score (nSPS) is 9.57. The van der Waals surface area contributed by atoms with Crippen LogP contribution in [0.15, 0.2) is 48.5 Å². The minimum Gasteiger partial charge on any atom is -0.484 e. The molecule has 2 aromatic carbocycles. The van der Waals surface area contributed by atoms with E-state index in [2.05, 4.69) is 10.1 Å². The number of hydrogen-bond acceptors (Lipinski definition) is 5. The standard InChI is InChI=1S/C17H14N2O4/c1-22-17(21)13-3-2-4-14(9-13)19-16(20)11-23-15-7-5-12(10-18)6-8-15/h2-9H,11H2,1H3,(H,19,20). The molecule has 1 amide bonds. The maximum absolute atomic E-state index is 11.9. The van der Waals surface area contributed by atoms with Gasteiger partial charge < -0.3 is 14.8 Å². The predicted molar refractivity (Wildman–Crippen MR) is 83.1 cm³/mol. The van der Waals surface area contributed by atoms with Crippen molar-refractivity contribution in [3.05, 3.63) is 59.7 Å². The van der Waals surface area contributed by atoms with Crippen LogP contribution in [-0.4, -0.2) is 25.6 Å². The maximum atomic E-state index is 11.9. The fourth-order valence-corrected chi connectivity index (χ4v) is 1.81. The molecule has 0 saturated carbocycles. The molecule has 1 N–H and O–H groups in total. The summed E-state index contributed by atoms with van der Waals surface area (Å²) in [6, 6.07) is 14.8. The summed E-state index contributed by atoms with van der Waals surface area (Å²) >= 11 is 0. The molecule has 6 nitrogen and oxygen atoms in total. The number of nitriles is 1. The molecule has 2 rings (SSSR count). The van der Waals surface area contributed by atoms with Gasteiger partial charge in [0.15, 0.2) is 6.61 Å². The third kappa shape index (κ3) is 4.58. The Balaban J connectivity index is 1.91. The van der Waals surface area contributed by atoms with Gasteiger partial charge in [0.25, 0.3) is 5.91 Å². The van der Waals surface area contributed by atoms with E-state index in [9.17, 15) is 9.59 Å². The smallest absolute Gasteiger partial charge is 0.337 e. The molecule has 0 unspecified atom stereocenters. The average Bonchev–Trinajstić information content (AvgIpc) is 2.60. The Labute approximate surface area is 133 Å². The van der Waals surface area contributed by atoms with Crippen LogP contribution in [0.2, 0.25) is 0 Å². The third-order valence-electron chi connectivity index (χ3n) is 2.92. The van der Waals surface area contributed by atoms with E-state index in [-0.39, 0.29) is 12.5 Å². The van der Waals surface area contributed by atoms with Crippen LogP contribution >= 0.6 is 0 Å². The van der Waals surface area contributed by atoms with Gasteiger partial charge in [-0.15, -0.1) is 0 Å². The number of methoxy groups -OCH3 is 1. The fraction of sp³-hybridized carbons (Fsp3) is 0.118. The summed E-state index contributed by atoms with van der Waals surface area (Å²) in [5.74, 6) is -0.353. The number of hydrogen-bond donors (Lipinski definition) is 1. The summed E-state index contributed by atoms with van der Waals surface area (Å²) in [5, 5.41) is 11.3. The molecule has 0 heterocycles. The number of rotatable bonds is 5. The lowest BCUT2D eigenvalue weighted by atomic mass is 10.2. The van der Waals surface area contributed by atoms with Crippen molar-refractivity contribution in [3.63, 3.8) is 0 Å². The number of anilines is 1. The van der Waals surface area contributed by atoms with E-state index in [4.69, 9.17) is 10.00 Å². The first-order chi connectivity index (χ1) is 11.1. The van der Waals surface area contributed by atoms with E-state index in [0.717, 1.165) is 0 Å². The van der Waals surface area contributed by atoms with Crippen molar-refractivity contribution in [2.45, 2.75) is 0 Å². The van der Waals surface area contributed by atoms with Gasteiger partial charge in [0.2, 0.25) is 0 Å². The van der Waals surface area contributed by atoms with Gasteiger partial charge in [-0.05, 0) is 42.5 Å². The van der Waals surface area contributed by atoms with Gasteiger partial charge in [-0.3, -0.25) is 4.79 Å². The van der Waals surface area contributed by atoms with Gasteiger partial charge in [0.05, 0.1) is 24.3 Å². The molecule has 0 aliphatic heterocycles. The molecule has 0 spiro atoms. The summed E-state index contributed by atoms with van der Waals surface area (Å²) in [5.41, 5.74) is 1.33. The Kier molecular flexibility index (Phi) is 5.31. The van der Waals surface area contributed by atoms with Crippen molar-refractivity contribution >= 4 is 17.6 Å². The van der Waals surface area contributed by atoms with Crippen LogP contribution in [-0.2, 0) is 9.53 Å². The molecule has 6 heteroatoms. The van der Waals surface area contributed by atoms with Gasteiger partial charge in [-0.1, -0.05) is 6.07 Å². The summed E-state index contributed by atoms with van der Waals surface area (Å²) < 4.78 is 9.95. The summed E-state index contributed by atoms with van der Waals surface area (Å²) in [7, 11) is 1.29. The van der Waals surface area contributed by atoms with Gasteiger partial charge >= 0.3 is 5.97 Å². The fourth-order valence-electron chi connectivity index (χ4n) is 1.81. The summed E-state index contributed by atoms with van der Waals surface area (Å²) in [6.07, 6.45) is 0. The lowest BCUT2D eigenvalue weighted by molar-refractivity contribution is -0.118. The molecular formula is C17H14N2O4. The van der Waals surface area contributed by atoms with Gasteiger partial charge in [0, 0.05) is 5.69 Å². The quantitative estimate of drug-likeness (QED) is 0.856. The lowest BCUT2D eigenvalue weighted by Gasteiger charge is -2.08. The van der Waals surface area contributed by atoms with Crippen LogP contribution in [0.1, 0.15) is 15.9 Å². The molecule has 116 valence electrons. The zero-order valence-electron chi connectivity index (χ0n) is 12.4. The number of ether oxygens (including phenoxy) is 2. The average molecular weight is 310 g/mol. The van der Waals surface area contributed by atoms with Crippen LogP contribution in [0.3, 0.4) is 0 Å². The van der Waals surface area contributed by atoms with E-state index in [1.807, 2.05) is 6.07 Å². The first-order valence-electron chi connectivity index (χ1n) is 6.73. The molecule has 0 saturated heterocycles. The molecule has 0 radical (unpaired) electrons. The van der Waals surface area contributed by atoms with Crippen molar-refractivity contribution < 1.29 is 19.1 Å². The first-order valence-corrected chi connectivity index (χ1v) is 6.73. The Morgan fingerprint density at radius 1 is 1.17 bits per heavy atom. The van der Waals surface area contributed by atoms with Crippen molar-refractivity contribution in [1.82, 2.24) is 0 Å². The highest BCUT2D eigenvalue weighted by Gasteiger charge is 2.08. The van der Waals surface area contributed by atoms with Crippen LogP contribution in [0.5, 0.6) is 5.75 Å². The minimum absolute atomic E-state index is 0.186. The molecule has 2 aromatic rings. The Morgan fingerprint density at radius 3 is 2.57 bits per heavy atom. The van der Waals surface area contributed by atoms with Crippen LogP contribution in [0.4, 0.5) is 5.69 Å². The van der Waals surface area contributed by atoms with E-state index < -0.39 is 5.97 Å². The summed E-state index contributed by atoms with van der Waals surface area (Å²) in [4.78, 5) is 23.3. The second-order valence-electron chi connectivity index (χ2n) is 4.55. The van der Waals surface area contributed by atoms with Crippen molar-refractivity contribution in [2.24, 2.45) is 0 Å². The molecule has 0 aliphatic carbocycles. The molecule has 0 atom stereocenters. The number of carbonyl (C=O) groups excluding carboxylic acids is 2. The topological polar surface area (TPSA) is 88.4 Å².